The number of hydrogen-bond acceptors (Lipinski definition) is 8. The summed E-state index contributed by atoms with van der Waals surface area (Å²) in [5, 5.41) is 12.9. The number of aliphatic hydroxyl groups is 1. The fourth-order valence-corrected chi connectivity index (χ4v) is 3.97. The Balaban J connectivity index is 1.62. The van der Waals surface area contributed by atoms with Gasteiger partial charge in [0.2, 0.25) is 5.95 Å². The number of alkyl halides is 4. The topological polar surface area (TPSA) is 101 Å². The van der Waals surface area contributed by atoms with Crippen molar-refractivity contribution in [1.82, 2.24) is 24.5 Å². The van der Waals surface area contributed by atoms with Crippen molar-refractivity contribution < 1.29 is 27.4 Å². The van der Waals surface area contributed by atoms with Crippen LogP contribution in [0.15, 0.2) is 24.5 Å². The highest BCUT2D eigenvalue weighted by molar-refractivity contribution is 5.79. The molecule has 0 amide bonds. The summed E-state index contributed by atoms with van der Waals surface area (Å²) < 4.78 is 60.9. The molecule has 1 saturated heterocycles. The number of imidazole rings is 1. The molecule has 4 atom stereocenters. The number of ether oxygens (including phenoxy) is 1. The van der Waals surface area contributed by atoms with Crippen molar-refractivity contribution in [3.05, 3.63) is 30.4 Å². The summed E-state index contributed by atoms with van der Waals surface area (Å²) in [5.74, 6) is 0.775. The average Bonchev–Trinajstić information content (AvgIpc) is 3.17. The summed E-state index contributed by atoms with van der Waals surface area (Å²) in [6.45, 7) is 2.96. The Morgan fingerprint density at radius 2 is 1.97 bits per heavy atom. The van der Waals surface area contributed by atoms with E-state index in [0.29, 0.717) is 24.7 Å². The molecule has 0 aliphatic carbocycles. The zero-order valence-corrected chi connectivity index (χ0v) is 18.8. The Hall–Kier alpha value is -3.06. The molecule has 1 aliphatic rings. The van der Waals surface area contributed by atoms with Gasteiger partial charge in [0, 0.05) is 25.9 Å². The third-order valence-corrected chi connectivity index (χ3v) is 5.80. The Kier molecular flexibility index (Phi) is 6.58. The number of nitrogens with one attached hydrogen (secondary N) is 1. The van der Waals surface area contributed by atoms with Crippen molar-refractivity contribution in [2.75, 3.05) is 30.4 Å². The maximum absolute atomic E-state index is 14.3. The first kappa shape index (κ1) is 24.1. The summed E-state index contributed by atoms with van der Waals surface area (Å²) >= 11 is 0. The lowest BCUT2D eigenvalue weighted by atomic mass is 10.1. The van der Waals surface area contributed by atoms with Gasteiger partial charge in [0.15, 0.2) is 0 Å². The van der Waals surface area contributed by atoms with Gasteiger partial charge in [-0.3, -0.25) is 0 Å². The van der Waals surface area contributed by atoms with E-state index in [0.717, 1.165) is 11.5 Å². The number of nitrogens with zero attached hydrogens (tertiary/aromatic N) is 6. The van der Waals surface area contributed by atoms with Crippen LogP contribution in [0.1, 0.15) is 38.2 Å². The highest BCUT2D eigenvalue weighted by Gasteiger charge is 2.40. The summed E-state index contributed by atoms with van der Waals surface area (Å²) in [7, 11) is 1.48. The number of halogens is 4. The van der Waals surface area contributed by atoms with Crippen LogP contribution in [0.2, 0.25) is 0 Å². The molecule has 1 aliphatic heterocycles. The molecule has 0 aromatic carbocycles. The smallest absolute Gasteiger partial charge is 0.385 e. The maximum atomic E-state index is 14.3. The molecule has 4 rings (SSSR count). The summed E-state index contributed by atoms with van der Waals surface area (Å²) in [5.41, 5.74) is 0.380. The lowest BCUT2D eigenvalue weighted by Gasteiger charge is -2.33. The molecule has 9 nitrogen and oxygen atoms in total. The minimum Gasteiger partial charge on any atom is -0.385 e. The summed E-state index contributed by atoms with van der Waals surface area (Å²) in [4.78, 5) is 18.7. The van der Waals surface area contributed by atoms with Gasteiger partial charge in [-0.25, -0.2) is 19.3 Å². The minimum absolute atomic E-state index is 0.0861. The van der Waals surface area contributed by atoms with Crippen LogP contribution in [0, 0.1) is 0 Å². The number of aliphatic hydroxyl groups excluding tert-OH is 1. The zero-order chi connectivity index (χ0) is 24.6. The molecule has 0 spiro atoms. The number of fused-ring (bicyclic) bond motifs is 1. The molecule has 0 radical (unpaired) electrons. The number of rotatable bonds is 6. The van der Waals surface area contributed by atoms with Gasteiger partial charge in [-0.2, -0.15) is 18.2 Å². The molecule has 2 N–H and O–H groups in total. The molecule has 13 heteroatoms. The minimum atomic E-state index is -4.54. The van der Waals surface area contributed by atoms with E-state index in [1.807, 2.05) is 0 Å². The van der Waals surface area contributed by atoms with Crippen molar-refractivity contribution in [2.24, 2.45) is 0 Å². The van der Waals surface area contributed by atoms with Gasteiger partial charge in [0.25, 0.3) is 0 Å². The first-order chi connectivity index (χ1) is 16.1. The Morgan fingerprint density at radius 3 is 2.62 bits per heavy atom. The lowest BCUT2D eigenvalue weighted by Crippen LogP contribution is -2.46. The zero-order valence-electron chi connectivity index (χ0n) is 18.8. The number of anilines is 3. The fourth-order valence-electron chi connectivity index (χ4n) is 3.97. The molecule has 1 fully saturated rings. The van der Waals surface area contributed by atoms with Crippen LogP contribution in [0.5, 0.6) is 0 Å². The Bertz CT molecular complexity index is 1150. The Labute approximate surface area is 192 Å². The standard InChI is InChI=1S/C21H25F4N7O2/c1-11(33)19-28-14-9-27-18(8-15(14)32(19)12(2)21(23,24)25)29-17-4-6-26-20(30-17)31-7-5-16(34-3)13(22)10-31/h4,6,8-9,11-13,16,33H,5,7,10H2,1-3H3,(H,26,27,29,30)/t11-,12-,13-,16+/m1/s1. The highest BCUT2D eigenvalue weighted by atomic mass is 19.4. The predicted molar refractivity (Wildman–Crippen MR) is 117 cm³/mol. The molecular weight excluding hydrogens is 458 g/mol. The number of methoxy groups -OCH3 is 1. The molecule has 0 unspecified atom stereocenters. The van der Waals surface area contributed by atoms with Crippen molar-refractivity contribution in [3.63, 3.8) is 0 Å². The fraction of sp³-hybridized carbons (Fsp3) is 0.524. The van der Waals surface area contributed by atoms with E-state index in [2.05, 4.69) is 25.3 Å². The first-order valence-electron chi connectivity index (χ1n) is 10.7. The normalized spacial score (nSPS) is 21.0. The second kappa shape index (κ2) is 9.29. The van der Waals surface area contributed by atoms with Gasteiger partial charge in [-0.15, -0.1) is 0 Å². The van der Waals surface area contributed by atoms with Crippen LogP contribution < -0.4 is 10.2 Å². The van der Waals surface area contributed by atoms with E-state index in [4.69, 9.17) is 4.74 Å². The van der Waals surface area contributed by atoms with Gasteiger partial charge < -0.3 is 24.6 Å². The highest BCUT2D eigenvalue weighted by Crippen LogP contribution is 2.36. The lowest BCUT2D eigenvalue weighted by molar-refractivity contribution is -0.163. The van der Waals surface area contributed by atoms with Gasteiger partial charge in [-0.05, 0) is 26.3 Å². The molecule has 184 valence electrons. The maximum Gasteiger partial charge on any atom is 0.408 e. The molecule has 0 bridgehead atoms. The molecule has 4 heterocycles. The molecule has 3 aromatic heterocycles. The third kappa shape index (κ3) is 4.75. The van der Waals surface area contributed by atoms with Gasteiger partial charge >= 0.3 is 6.18 Å². The van der Waals surface area contributed by atoms with Crippen LogP contribution in [-0.2, 0) is 4.74 Å². The van der Waals surface area contributed by atoms with E-state index in [1.165, 1.54) is 32.5 Å². The van der Waals surface area contributed by atoms with E-state index in [1.54, 1.807) is 11.0 Å². The summed E-state index contributed by atoms with van der Waals surface area (Å²) in [6, 6.07) is 1.08. The van der Waals surface area contributed by atoms with Crippen LogP contribution >= 0.6 is 0 Å². The number of pyridine rings is 1. The van der Waals surface area contributed by atoms with E-state index in [-0.39, 0.29) is 29.2 Å². The quantitative estimate of drug-likeness (QED) is 0.512. The van der Waals surface area contributed by atoms with Crippen LogP contribution in [0.25, 0.3) is 11.0 Å². The third-order valence-electron chi connectivity index (χ3n) is 5.80. The van der Waals surface area contributed by atoms with Crippen molar-refractivity contribution in [3.8, 4) is 0 Å². The van der Waals surface area contributed by atoms with Crippen molar-refractivity contribution in [1.29, 1.82) is 0 Å². The van der Waals surface area contributed by atoms with Gasteiger partial charge in [-0.1, -0.05) is 0 Å². The van der Waals surface area contributed by atoms with Gasteiger partial charge in [0.05, 0.1) is 24.4 Å². The SMILES string of the molecule is CO[C@H]1CCN(c2nccc(Nc3cc4c(cn3)nc([C@@H](C)O)n4[C@H](C)C(F)(F)F)n2)C[C@H]1F. The molecule has 34 heavy (non-hydrogen) atoms. The molecular formula is C21H25F4N7O2. The number of hydrogen-bond donors (Lipinski definition) is 2. The van der Waals surface area contributed by atoms with E-state index >= 15 is 0 Å². The largest absolute Gasteiger partial charge is 0.408 e. The second-order valence-corrected chi connectivity index (χ2v) is 8.18. The van der Waals surface area contributed by atoms with Crippen LogP contribution in [-0.4, -0.2) is 68.3 Å². The van der Waals surface area contributed by atoms with E-state index in [9.17, 15) is 22.7 Å². The predicted octanol–water partition coefficient (Wildman–Crippen LogP) is 3.70. The number of piperidine rings is 1. The van der Waals surface area contributed by atoms with Crippen LogP contribution in [0.3, 0.4) is 0 Å². The monoisotopic (exact) mass is 483 g/mol. The first-order valence-corrected chi connectivity index (χ1v) is 10.7. The van der Waals surface area contributed by atoms with Crippen molar-refractivity contribution in [2.45, 2.75) is 50.9 Å². The molecule has 3 aromatic rings. The second-order valence-electron chi connectivity index (χ2n) is 8.18. The molecule has 0 saturated carbocycles. The average molecular weight is 483 g/mol. The Morgan fingerprint density at radius 1 is 1.21 bits per heavy atom. The summed E-state index contributed by atoms with van der Waals surface area (Å²) in [6.07, 6.45) is -4.08. The number of aromatic nitrogens is 5. The van der Waals surface area contributed by atoms with Crippen LogP contribution in [0.4, 0.5) is 35.1 Å². The van der Waals surface area contributed by atoms with Gasteiger partial charge in [0.1, 0.15) is 41.3 Å². The van der Waals surface area contributed by atoms with Crippen molar-refractivity contribution >= 4 is 28.6 Å². The van der Waals surface area contributed by atoms with E-state index < -0.39 is 30.6 Å².